The summed E-state index contributed by atoms with van der Waals surface area (Å²) in [5.41, 5.74) is 2.34. The Morgan fingerprint density at radius 2 is 1.76 bits per heavy atom. The Morgan fingerprint density at radius 1 is 0.960 bits per heavy atom. The van der Waals surface area contributed by atoms with Crippen molar-refractivity contribution >= 4 is 5.69 Å². The minimum Gasteiger partial charge on any atom is -0.491 e. The van der Waals surface area contributed by atoms with E-state index in [1.165, 1.54) is 5.56 Å². The number of ether oxygens (including phenoxy) is 2. The summed E-state index contributed by atoms with van der Waals surface area (Å²) in [7, 11) is 0. The van der Waals surface area contributed by atoms with Gasteiger partial charge in [-0.3, -0.25) is 0 Å². The quantitative estimate of drug-likeness (QED) is 0.548. The van der Waals surface area contributed by atoms with Crippen LogP contribution < -0.4 is 14.8 Å². The molecule has 0 amide bonds. The van der Waals surface area contributed by atoms with E-state index in [9.17, 15) is 0 Å². The highest BCUT2D eigenvalue weighted by atomic mass is 16.5. The Kier molecular flexibility index (Phi) is 7.65. The first kappa shape index (κ1) is 19.2. The van der Waals surface area contributed by atoms with Crippen molar-refractivity contribution < 1.29 is 9.47 Å². The van der Waals surface area contributed by atoms with Crippen LogP contribution >= 0.6 is 0 Å². The molecule has 0 saturated heterocycles. The second kappa shape index (κ2) is 9.97. The van der Waals surface area contributed by atoms with Crippen molar-refractivity contribution in [1.82, 2.24) is 0 Å². The SMILES string of the molecule is CCC(C)Oc1cccc(NCCOc2ccccc2C(C)CC)c1. The van der Waals surface area contributed by atoms with E-state index >= 15 is 0 Å². The summed E-state index contributed by atoms with van der Waals surface area (Å²) in [6, 6.07) is 16.4. The molecular formula is C22H31NO2. The molecule has 0 saturated carbocycles. The van der Waals surface area contributed by atoms with E-state index in [4.69, 9.17) is 9.47 Å². The van der Waals surface area contributed by atoms with Crippen LogP contribution in [0.4, 0.5) is 5.69 Å². The maximum absolute atomic E-state index is 6.00. The van der Waals surface area contributed by atoms with Gasteiger partial charge in [-0.05, 0) is 49.4 Å². The fraction of sp³-hybridized carbons (Fsp3) is 0.455. The Balaban J connectivity index is 1.85. The standard InChI is InChI=1S/C22H31NO2/c1-5-17(3)21-12-7-8-13-22(21)24-15-14-23-19-10-9-11-20(16-19)25-18(4)6-2/h7-13,16-18,23H,5-6,14-15H2,1-4H3. The highest BCUT2D eigenvalue weighted by Gasteiger charge is 2.09. The lowest BCUT2D eigenvalue weighted by Crippen LogP contribution is -2.13. The highest BCUT2D eigenvalue weighted by Crippen LogP contribution is 2.28. The minimum absolute atomic E-state index is 0.232. The van der Waals surface area contributed by atoms with E-state index in [0.717, 1.165) is 36.6 Å². The van der Waals surface area contributed by atoms with Crippen LogP contribution in [0.2, 0.25) is 0 Å². The predicted octanol–water partition coefficient (Wildman–Crippen LogP) is 5.87. The lowest BCUT2D eigenvalue weighted by atomic mass is 9.98. The molecule has 3 heteroatoms. The van der Waals surface area contributed by atoms with E-state index in [0.29, 0.717) is 12.5 Å². The van der Waals surface area contributed by atoms with Crippen molar-refractivity contribution in [2.24, 2.45) is 0 Å². The van der Waals surface area contributed by atoms with Crippen LogP contribution in [-0.2, 0) is 0 Å². The predicted molar refractivity (Wildman–Crippen MR) is 106 cm³/mol. The third-order valence-corrected chi connectivity index (χ3v) is 4.50. The zero-order valence-electron chi connectivity index (χ0n) is 15.9. The van der Waals surface area contributed by atoms with Crippen LogP contribution in [0.25, 0.3) is 0 Å². The average molecular weight is 341 g/mol. The van der Waals surface area contributed by atoms with Gasteiger partial charge in [0.25, 0.3) is 0 Å². The molecule has 136 valence electrons. The lowest BCUT2D eigenvalue weighted by molar-refractivity contribution is 0.217. The highest BCUT2D eigenvalue weighted by molar-refractivity contribution is 5.48. The molecular weight excluding hydrogens is 310 g/mol. The van der Waals surface area contributed by atoms with Crippen molar-refractivity contribution in [3.63, 3.8) is 0 Å². The number of anilines is 1. The Labute approximate surface area is 152 Å². The molecule has 0 aromatic heterocycles. The van der Waals surface area contributed by atoms with Gasteiger partial charge < -0.3 is 14.8 Å². The molecule has 0 spiro atoms. The lowest BCUT2D eigenvalue weighted by Gasteiger charge is -2.16. The van der Waals surface area contributed by atoms with E-state index in [2.05, 4.69) is 57.3 Å². The third-order valence-electron chi connectivity index (χ3n) is 4.50. The first-order valence-corrected chi connectivity index (χ1v) is 9.36. The van der Waals surface area contributed by atoms with Gasteiger partial charge in [-0.15, -0.1) is 0 Å². The fourth-order valence-electron chi connectivity index (χ4n) is 2.59. The second-order valence-electron chi connectivity index (χ2n) is 6.49. The zero-order chi connectivity index (χ0) is 18.1. The summed E-state index contributed by atoms with van der Waals surface area (Å²) >= 11 is 0. The van der Waals surface area contributed by atoms with E-state index in [1.807, 2.05) is 24.3 Å². The molecule has 2 unspecified atom stereocenters. The molecule has 25 heavy (non-hydrogen) atoms. The maximum Gasteiger partial charge on any atom is 0.122 e. The van der Waals surface area contributed by atoms with Crippen LogP contribution in [0.3, 0.4) is 0 Å². The normalized spacial score (nSPS) is 13.1. The molecule has 2 atom stereocenters. The van der Waals surface area contributed by atoms with Crippen molar-refractivity contribution in [1.29, 1.82) is 0 Å². The molecule has 2 aromatic rings. The Bertz CT molecular complexity index is 641. The first-order valence-electron chi connectivity index (χ1n) is 9.36. The van der Waals surface area contributed by atoms with Gasteiger partial charge in [0.2, 0.25) is 0 Å². The molecule has 0 aliphatic heterocycles. The first-order chi connectivity index (χ1) is 12.1. The fourth-order valence-corrected chi connectivity index (χ4v) is 2.59. The summed E-state index contributed by atoms with van der Waals surface area (Å²) in [4.78, 5) is 0. The van der Waals surface area contributed by atoms with Crippen LogP contribution in [-0.4, -0.2) is 19.3 Å². The summed E-state index contributed by atoms with van der Waals surface area (Å²) in [6.07, 6.45) is 2.35. The summed E-state index contributed by atoms with van der Waals surface area (Å²) in [5, 5.41) is 3.40. The molecule has 1 N–H and O–H groups in total. The van der Waals surface area contributed by atoms with Gasteiger partial charge in [-0.25, -0.2) is 0 Å². The molecule has 0 bridgehead atoms. The van der Waals surface area contributed by atoms with E-state index in [-0.39, 0.29) is 6.10 Å². The van der Waals surface area contributed by atoms with Gasteiger partial charge >= 0.3 is 0 Å². The minimum atomic E-state index is 0.232. The molecule has 0 fully saturated rings. The summed E-state index contributed by atoms with van der Waals surface area (Å²) in [6.45, 7) is 10.0. The van der Waals surface area contributed by atoms with Gasteiger partial charge in [0.05, 0.1) is 6.10 Å². The molecule has 2 aromatic carbocycles. The van der Waals surface area contributed by atoms with Crippen LogP contribution in [0, 0.1) is 0 Å². The van der Waals surface area contributed by atoms with Crippen molar-refractivity contribution in [3.05, 3.63) is 54.1 Å². The van der Waals surface area contributed by atoms with Crippen LogP contribution in [0.15, 0.2) is 48.5 Å². The molecule has 0 heterocycles. The van der Waals surface area contributed by atoms with Crippen LogP contribution in [0.1, 0.15) is 52.0 Å². The number of hydrogen-bond donors (Lipinski definition) is 1. The van der Waals surface area contributed by atoms with Crippen molar-refractivity contribution in [3.8, 4) is 11.5 Å². The second-order valence-corrected chi connectivity index (χ2v) is 6.49. The topological polar surface area (TPSA) is 30.5 Å². The maximum atomic E-state index is 6.00. The van der Waals surface area contributed by atoms with E-state index < -0.39 is 0 Å². The Hall–Kier alpha value is -2.16. The number of nitrogens with one attached hydrogen (secondary N) is 1. The average Bonchev–Trinajstić information content (AvgIpc) is 2.65. The Morgan fingerprint density at radius 3 is 2.52 bits per heavy atom. The smallest absolute Gasteiger partial charge is 0.122 e. The summed E-state index contributed by atoms with van der Waals surface area (Å²) < 4.78 is 11.9. The zero-order valence-corrected chi connectivity index (χ0v) is 15.9. The largest absolute Gasteiger partial charge is 0.491 e. The van der Waals surface area contributed by atoms with Crippen molar-refractivity contribution in [2.75, 3.05) is 18.5 Å². The van der Waals surface area contributed by atoms with Gasteiger partial charge in [-0.1, -0.05) is 45.0 Å². The van der Waals surface area contributed by atoms with Crippen LogP contribution in [0.5, 0.6) is 11.5 Å². The number of benzene rings is 2. The van der Waals surface area contributed by atoms with Gasteiger partial charge in [0, 0.05) is 18.3 Å². The summed E-state index contributed by atoms with van der Waals surface area (Å²) in [5.74, 6) is 2.41. The molecule has 0 aliphatic carbocycles. The monoisotopic (exact) mass is 341 g/mol. The molecule has 2 rings (SSSR count). The third kappa shape index (κ3) is 6.00. The van der Waals surface area contributed by atoms with E-state index in [1.54, 1.807) is 0 Å². The van der Waals surface area contributed by atoms with Gasteiger partial charge in [-0.2, -0.15) is 0 Å². The number of rotatable bonds is 10. The molecule has 0 radical (unpaired) electrons. The van der Waals surface area contributed by atoms with Gasteiger partial charge in [0.1, 0.15) is 18.1 Å². The van der Waals surface area contributed by atoms with Gasteiger partial charge in [0.15, 0.2) is 0 Å². The molecule has 3 nitrogen and oxygen atoms in total. The number of para-hydroxylation sites is 1. The number of hydrogen-bond acceptors (Lipinski definition) is 3. The van der Waals surface area contributed by atoms with Crippen molar-refractivity contribution in [2.45, 2.75) is 52.6 Å². The molecule has 0 aliphatic rings.